The Balaban J connectivity index is 3.05. The van der Waals surface area contributed by atoms with Crippen LogP contribution in [-0.4, -0.2) is 20.4 Å². The number of nitrogens with zero attached hydrogens (tertiary/aromatic N) is 2. The third-order valence-corrected chi connectivity index (χ3v) is 1.72. The molecule has 0 bridgehead atoms. The highest BCUT2D eigenvalue weighted by Gasteiger charge is 2.08. The van der Waals surface area contributed by atoms with Gasteiger partial charge in [0.25, 0.3) is 0 Å². The molecule has 12 heavy (non-hydrogen) atoms. The van der Waals surface area contributed by atoms with Gasteiger partial charge in [0.2, 0.25) is 5.43 Å². The van der Waals surface area contributed by atoms with Gasteiger partial charge in [-0.15, -0.1) is 5.10 Å². The molecule has 0 aliphatic rings. The lowest BCUT2D eigenvalue weighted by atomic mass is 10.3. The number of nitrogens with one attached hydrogen (secondary N) is 2. The molecule has 0 atom stereocenters. The van der Waals surface area contributed by atoms with Crippen LogP contribution in [0.5, 0.6) is 0 Å². The predicted octanol–water partition coefficient (Wildman–Crippen LogP) is -0.463. The molecule has 0 aromatic carbocycles. The highest BCUT2D eigenvalue weighted by molar-refractivity contribution is 5.73. The second-order valence-corrected chi connectivity index (χ2v) is 2.51. The summed E-state index contributed by atoms with van der Waals surface area (Å²) >= 11 is 0. The topological polar surface area (TPSA) is 100 Å². The second-order valence-electron chi connectivity index (χ2n) is 2.51. The second kappa shape index (κ2) is 2.07. The van der Waals surface area contributed by atoms with Gasteiger partial charge in [0.15, 0.2) is 11.2 Å². The molecule has 6 heteroatoms. The Hall–Kier alpha value is -1.85. The number of nitrogens with two attached hydrogens (primary N) is 1. The van der Waals surface area contributed by atoms with Gasteiger partial charge in [-0.05, 0) is 6.92 Å². The summed E-state index contributed by atoms with van der Waals surface area (Å²) in [6, 6.07) is 0. The van der Waals surface area contributed by atoms with Crippen molar-refractivity contribution in [3.05, 3.63) is 15.9 Å². The van der Waals surface area contributed by atoms with Gasteiger partial charge in [-0.2, -0.15) is 10.3 Å². The number of fused-ring (bicyclic) bond motifs is 1. The van der Waals surface area contributed by atoms with Gasteiger partial charge in [-0.1, -0.05) is 0 Å². The molecule has 0 saturated heterocycles. The van der Waals surface area contributed by atoms with Crippen molar-refractivity contribution in [2.24, 2.45) is 0 Å². The van der Waals surface area contributed by atoms with Crippen LogP contribution < -0.4 is 11.2 Å². The Morgan fingerprint density at radius 2 is 2.17 bits per heavy atom. The van der Waals surface area contributed by atoms with E-state index in [-0.39, 0.29) is 16.6 Å². The fraction of sp³-hybridized carbons (Fsp3) is 0.167. The molecule has 0 saturated carbocycles. The standard InChI is InChI=1S/C6H7N5O/c1-2-3(7)5(12)4-6(8-2)10-11-9-4/h7H2,1H3,(H2,8,9,10,11,12). The fourth-order valence-electron chi connectivity index (χ4n) is 1.02. The normalized spacial score (nSPS) is 10.8. The maximum atomic E-state index is 11.3. The van der Waals surface area contributed by atoms with Crippen molar-refractivity contribution in [2.45, 2.75) is 6.92 Å². The van der Waals surface area contributed by atoms with Crippen molar-refractivity contribution in [2.75, 3.05) is 5.73 Å². The van der Waals surface area contributed by atoms with E-state index in [2.05, 4.69) is 20.4 Å². The van der Waals surface area contributed by atoms with E-state index in [1.165, 1.54) is 0 Å². The molecule has 0 unspecified atom stereocenters. The molecular weight excluding hydrogens is 158 g/mol. The molecule has 2 aromatic rings. The van der Waals surface area contributed by atoms with Gasteiger partial charge in [-0.25, -0.2) is 0 Å². The minimum absolute atomic E-state index is 0.191. The molecule has 0 fully saturated rings. The zero-order chi connectivity index (χ0) is 8.72. The number of hydrogen-bond acceptors (Lipinski definition) is 4. The zero-order valence-corrected chi connectivity index (χ0v) is 6.38. The van der Waals surface area contributed by atoms with Gasteiger partial charge in [0.05, 0.1) is 0 Å². The van der Waals surface area contributed by atoms with Crippen molar-refractivity contribution in [3.63, 3.8) is 0 Å². The van der Waals surface area contributed by atoms with Crippen molar-refractivity contribution in [3.8, 4) is 0 Å². The van der Waals surface area contributed by atoms with Crippen molar-refractivity contribution in [1.29, 1.82) is 0 Å². The van der Waals surface area contributed by atoms with Crippen LogP contribution in [0.25, 0.3) is 11.2 Å². The number of hydrogen-bond donors (Lipinski definition) is 3. The highest BCUT2D eigenvalue weighted by atomic mass is 16.1. The fourth-order valence-corrected chi connectivity index (χ4v) is 1.02. The highest BCUT2D eigenvalue weighted by Crippen LogP contribution is 2.05. The van der Waals surface area contributed by atoms with Crippen molar-refractivity contribution >= 4 is 16.9 Å². The van der Waals surface area contributed by atoms with Gasteiger partial charge >= 0.3 is 0 Å². The molecule has 0 spiro atoms. The first kappa shape index (κ1) is 6.84. The summed E-state index contributed by atoms with van der Waals surface area (Å²) < 4.78 is 0. The largest absolute Gasteiger partial charge is 0.394 e. The average Bonchev–Trinajstić information content (AvgIpc) is 2.48. The van der Waals surface area contributed by atoms with E-state index in [1.807, 2.05) is 0 Å². The monoisotopic (exact) mass is 165 g/mol. The number of aromatic nitrogens is 4. The third-order valence-electron chi connectivity index (χ3n) is 1.72. The molecule has 6 nitrogen and oxygen atoms in total. The number of pyridine rings is 1. The Labute approximate surface area is 66.8 Å². The number of H-pyrrole nitrogens is 2. The van der Waals surface area contributed by atoms with Crippen LogP contribution in [0.1, 0.15) is 5.69 Å². The third kappa shape index (κ3) is 0.714. The van der Waals surface area contributed by atoms with Crippen LogP contribution in [0.15, 0.2) is 4.79 Å². The Bertz CT molecular complexity index is 482. The van der Waals surface area contributed by atoms with E-state index in [4.69, 9.17) is 5.73 Å². The van der Waals surface area contributed by atoms with Gasteiger partial charge in [0.1, 0.15) is 5.69 Å². The summed E-state index contributed by atoms with van der Waals surface area (Å²) in [5, 5.41) is 9.74. The maximum Gasteiger partial charge on any atom is 0.234 e. The van der Waals surface area contributed by atoms with E-state index < -0.39 is 0 Å². The smallest absolute Gasteiger partial charge is 0.234 e. The lowest BCUT2D eigenvalue weighted by molar-refractivity contribution is 0.953. The molecule has 2 aromatic heterocycles. The SMILES string of the molecule is Cc1[nH]c2n[nH]nc2c(=O)c1N. The number of anilines is 1. The summed E-state index contributed by atoms with van der Waals surface area (Å²) in [5.74, 6) is 0. The summed E-state index contributed by atoms with van der Waals surface area (Å²) in [4.78, 5) is 14.2. The number of nitrogen functional groups attached to an aromatic ring is 1. The molecular formula is C6H7N5O. The quantitative estimate of drug-likeness (QED) is 0.491. The molecule has 2 rings (SSSR count). The number of aryl methyl sites for hydroxylation is 1. The van der Waals surface area contributed by atoms with E-state index in [0.717, 1.165) is 0 Å². The molecule has 0 amide bonds. The van der Waals surface area contributed by atoms with Crippen molar-refractivity contribution < 1.29 is 0 Å². The van der Waals surface area contributed by atoms with Gasteiger partial charge in [0, 0.05) is 5.69 Å². The van der Waals surface area contributed by atoms with Crippen molar-refractivity contribution in [1.82, 2.24) is 20.4 Å². The van der Waals surface area contributed by atoms with Crippen LogP contribution in [0.4, 0.5) is 5.69 Å². The van der Waals surface area contributed by atoms with Gasteiger partial charge in [-0.3, -0.25) is 4.79 Å². The van der Waals surface area contributed by atoms with Gasteiger partial charge < -0.3 is 10.7 Å². The summed E-state index contributed by atoms with van der Waals surface area (Å²) in [6.07, 6.45) is 0. The van der Waals surface area contributed by atoms with Crippen LogP contribution in [-0.2, 0) is 0 Å². The van der Waals surface area contributed by atoms with E-state index in [1.54, 1.807) is 6.92 Å². The molecule has 0 aliphatic carbocycles. The molecule has 0 aliphatic heterocycles. The van der Waals surface area contributed by atoms with Crippen LogP contribution in [0.3, 0.4) is 0 Å². The van der Waals surface area contributed by atoms with Crippen LogP contribution in [0.2, 0.25) is 0 Å². The Kier molecular flexibility index (Phi) is 1.18. The first-order chi connectivity index (χ1) is 5.70. The average molecular weight is 165 g/mol. The molecule has 4 N–H and O–H groups in total. The lowest BCUT2D eigenvalue weighted by Crippen LogP contribution is -2.11. The van der Waals surface area contributed by atoms with E-state index >= 15 is 0 Å². The number of rotatable bonds is 0. The lowest BCUT2D eigenvalue weighted by Gasteiger charge is -1.96. The minimum atomic E-state index is -0.282. The first-order valence-electron chi connectivity index (χ1n) is 3.39. The molecule has 0 radical (unpaired) electrons. The molecule has 62 valence electrons. The predicted molar refractivity (Wildman–Crippen MR) is 43.7 cm³/mol. The minimum Gasteiger partial charge on any atom is -0.394 e. The number of aromatic amines is 2. The molecule has 2 heterocycles. The zero-order valence-electron chi connectivity index (χ0n) is 6.38. The van der Waals surface area contributed by atoms with E-state index in [9.17, 15) is 4.79 Å². The Morgan fingerprint density at radius 3 is 2.92 bits per heavy atom. The first-order valence-corrected chi connectivity index (χ1v) is 3.39. The summed E-state index contributed by atoms with van der Waals surface area (Å²) in [7, 11) is 0. The van der Waals surface area contributed by atoms with Crippen LogP contribution >= 0.6 is 0 Å². The Morgan fingerprint density at radius 1 is 1.42 bits per heavy atom. The summed E-state index contributed by atoms with van der Waals surface area (Å²) in [6.45, 7) is 1.71. The van der Waals surface area contributed by atoms with Crippen LogP contribution in [0, 0.1) is 6.92 Å². The van der Waals surface area contributed by atoms with E-state index in [0.29, 0.717) is 11.3 Å². The maximum absolute atomic E-state index is 11.3. The summed E-state index contributed by atoms with van der Waals surface area (Å²) in [5.41, 5.74) is 6.69.